The van der Waals surface area contributed by atoms with Gasteiger partial charge < -0.3 is 4.90 Å². The highest BCUT2D eigenvalue weighted by Crippen LogP contribution is 2.36. The fraction of sp³-hybridized carbons (Fsp3) is 0.250. The zero-order chi connectivity index (χ0) is 21.3. The first-order valence-corrected chi connectivity index (χ1v) is 10.6. The first kappa shape index (κ1) is 21.1. The predicted molar refractivity (Wildman–Crippen MR) is 119 cm³/mol. The molecular formula is C24H22Cl2F2N2. The van der Waals surface area contributed by atoms with Crippen LogP contribution in [0, 0.1) is 18.6 Å². The number of rotatable bonds is 4. The molecule has 4 rings (SSSR count). The number of halogens is 4. The normalized spacial score (nSPS) is 17.4. The Balaban J connectivity index is 1.62. The Hall–Kier alpha value is -2.14. The van der Waals surface area contributed by atoms with Crippen LogP contribution in [0.5, 0.6) is 0 Å². The smallest absolute Gasteiger partial charge is 0.126 e. The molecule has 0 radical (unpaired) electrons. The van der Waals surface area contributed by atoms with Gasteiger partial charge in [0.05, 0.1) is 16.8 Å². The molecule has 30 heavy (non-hydrogen) atoms. The molecule has 1 saturated heterocycles. The van der Waals surface area contributed by atoms with Crippen LogP contribution < -0.4 is 4.90 Å². The Labute approximate surface area is 185 Å². The number of piperazine rings is 1. The minimum Gasteiger partial charge on any atom is -0.361 e. The van der Waals surface area contributed by atoms with Gasteiger partial charge in [-0.15, -0.1) is 0 Å². The lowest BCUT2D eigenvalue weighted by atomic mass is 10.0. The maximum atomic E-state index is 13.6. The molecule has 3 aromatic carbocycles. The van der Waals surface area contributed by atoms with Crippen molar-refractivity contribution in [1.29, 1.82) is 0 Å². The maximum absolute atomic E-state index is 13.6. The van der Waals surface area contributed by atoms with Crippen molar-refractivity contribution in [2.24, 2.45) is 0 Å². The fourth-order valence-corrected chi connectivity index (χ4v) is 4.42. The lowest BCUT2D eigenvalue weighted by molar-refractivity contribution is 0.215. The summed E-state index contributed by atoms with van der Waals surface area (Å²) in [5.74, 6) is -0.536. The monoisotopic (exact) mass is 446 g/mol. The van der Waals surface area contributed by atoms with Gasteiger partial charge in [0.25, 0.3) is 0 Å². The molecule has 0 amide bonds. The topological polar surface area (TPSA) is 6.48 Å². The molecule has 0 bridgehead atoms. The van der Waals surface area contributed by atoms with E-state index in [4.69, 9.17) is 23.2 Å². The van der Waals surface area contributed by atoms with E-state index in [0.29, 0.717) is 15.6 Å². The molecule has 1 aliphatic heterocycles. The van der Waals surface area contributed by atoms with Gasteiger partial charge in [0.2, 0.25) is 0 Å². The Kier molecular flexibility index (Phi) is 6.28. The third-order valence-electron chi connectivity index (χ3n) is 5.57. The number of nitrogens with zero attached hydrogens (tertiary/aromatic N) is 2. The average Bonchev–Trinajstić information content (AvgIpc) is 2.72. The van der Waals surface area contributed by atoms with E-state index in [0.717, 1.165) is 43.0 Å². The van der Waals surface area contributed by atoms with Crippen molar-refractivity contribution >= 4 is 28.9 Å². The average molecular weight is 447 g/mol. The van der Waals surface area contributed by atoms with Gasteiger partial charge in [0, 0.05) is 31.2 Å². The van der Waals surface area contributed by atoms with Gasteiger partial charge in [-0.2, -0.15) is 0 Å². The zero-order valence-corrected chi connectivity index (χ0v) is 18.1. The molecular weight excluding hydrogens is 425 g/mol. The van der Waals surface area contributed by atoms with E-state index in [1.165, 1.54) is 18.2 Å². The van der Waals surface area contributed by atoms with Crippen LogP contribution >= 0.6 is 23.2 Å². The van der Waals surface area contributed by atoms with Crippen LogP contribution in [0.4, 0.5) is 14.5 Å². The molecule has 1 aliphatic rings. The quantitative estimate of drug-likeness (QED) is 0.442. The van der Waals surface area contributed by atoms with E-state index in [9.17, 15) is 8.78 Å². The molecule has 0 N–H and O–H groups in total. The van der Waals surface area contributed by atoms with Crippen LogP contribution in [0.15, 0.2) is 60.7 Å². The van der Waals surface area contributed by atoms with Gasteiger partial charge in [0.1, 0.15) is 11.6 Å². The zero-order valence-electron chi connectivity index (χ0n) is 16.6. The molecule has 1 fully saturated rings. The SMILES string of the molecule is Cc1cc(CN2CCN(c3ccc(F)cc3Cl)C(c3ccc(Cl)cc3)C2)ccc1F. The second kappa shape index (κ2) is 8.93. The molecule has 0 spiro atoms. The lowest BCUT2D eigenvalue weighted by Crippen LogP contribution is -2.48. The lowest BCUT2D eigenvalue weighted by Gasteiger charge is -2.43. The van der Waals surface area contributed by atoms with Crippen molar-refractivity contribution in [3.63, 3.8) is 0 Å². The minimum absolute atomic E-state index is 0.0283. The summed E-state index contributed by atoms with van der Waals surface area (Å²) in [7, 11) is 0. The van der Waals surface area contributed by atoms with Gasteiger partial charge in [-0.05, 0) is 60.0 Å². The van der Waals surface area contributed by atoms with Gasteiger partial charge in [-0.3, -0.25) is 4.90 Å². The number of benzene rings is 3. The van der Waals surface area contributed by atoms with E-state index in [-0.39, 0.29) is 17.7 Å². The maximum Gasteiger partial charge on any atom is 0.126 e. The molecule has 0 aliphatic carbocycles. The molecule has 0 aromatic heterocycles. The van der Waals surface area contributed by atoms with Crippen molar-refractivity contribution < 1.29 is 8.78 Å². The molecule has 1 unspecified atom stereocenters. The highest BCUT2D eigenvalue weighted by molar-refractivity contribution is 6.33. The van der Waals surface area contributed by atoms with E-state index in [2.05, 4.69) is 9.80 Å². The highest BCUT2D eigenvalue weighted by atomic mass is 35.5. The van der Waals surface area contributed by atoms with E-state index >= 15 is 0 Å². The predicted octanol–water partition coefficient (Wildman–Crippen LogP) is 6.64. The van der Waals surface area contributed by atoms with Gasteiger partial charge >= 0.3 is 0 Å². The number of hydrogen-bond acceptors (Lipinski definition) is 2. The summed E-state index contributed by atoms with van der Waals surface area (Å²) in [6.07, 6.45) is 0. The van der Waals surface area contributed by atoms with Crippen molar-refractivity contribution in [3.8, 4) is 0 Å². The largest absolute Gasteiger partial charge is 0.361 e. The summed E-state index contributed by atoms with van der Waals surface area (Å²) < 4.78 is 27.2. The summed E-state index contributed by atoms with van der Waals surface area (Å²) in [6.45, 7) is 4.82. The Bertz CT molecular complexity index is 1040. The minimum atomic E-state index is -0.350. The third-order valence-corrected chi connectivity index (χ3v) is 6.12. The van der Waals surface area contributed by atoms with Crippen LogP contribution in [-0.2, 0) is 6.54 Å². The molecule has 2 nitrogen and oxygen atoms in total. The van der Waals surface area contributed by atoms with Crippen LogP contribution in [0.3, 0.4) is 0 Å². The molecule has 1 heterocycles. The van der Waals surface area contributed by atoms with Crippen LogP contribution in [-0.4, -0.2) is 24.5 Å². The van der Waals surface area contributed by atoms with Crippen molar-refractivity contribution in [3.05, 3.63) is 99.0 Å². The van der Waals surface area contributed by atoms with Gasteiger partial charge in [0.15, 0.2) is 0 Å². The fourth-order valence-electron chi connectivity index (χ4n) is 4.02. The van der Waals surface area contributed by atoms with E-state index < -0.39 is 0 Å². The molecule has 0 saturated carbocycles. The summed E-state index contributed by atoms with van der Waals surface area (Å²) in [5.41, 5.74) is 3.66. The van der Waals surface area contributed by atoms with E-state index in [1.807, 2.05) is 36.4 Å². The molecule has 1 atom stereocenters. The number of aryl methyl sites for hydroxylation is 1. The van der Waals surface area contributed by atoms with Crippen molar-refractivity contribution in [2.75, 3.05) is 24.5 Å². The van der Waals surface area contributed by atoms with E-state index in [1.54, 1.807) is 13.0 Å². The third kappa shape index (κ3) is 4.61. The summed E-state index contributed by atoms with van der Waals surface area (Å²) >= 11 is 12.5. The van der Waals surface area contributed by atoms with Crippen molar-refractivity contribution in [2.45, 2.75) is 19.5 Å². The van der Waals surface area contributed by atoms with Crippen LogP contribution in [0.25, 0.3) is 0 Å². The van der Waals surface area contributed by atoms with Crippen molar-refractivity contribution in [1.82, 2.24) is 4.90 Å². The Morgan fingerprint density at radius 3 is 2.40 bits per heavy atom. The Morgan fingerprint density at radius 1 is 0.933 bits per heavy atom. The Morgan fingerprint density at radius 2 is 1.70 bits per heavy atom. The summed E-state index contributed by atoms with van der Waals surface area (Å²) in [6, 6.07) is 17.6. The number of hydrogen-bond donors (Lipinski definition) is 0. The first-order chi connectivity index (χ1) is 14.4. The number of anilines is 1. The van der Waals surface area contributed by atoms with Crippen LogP contribution in [0.2, 0.25) is 10.0 Å². The van der Waals surface area contributed by atoms with Gasteiger partial charge in [-0.25, -0.2) is 8.78 Å². The highest BCUT2D eigenvalue weighted by Gasteiger charge is 2.30. The van der Waals surface area contributed by atoms with Gasteiger partial charge in [-0.1, -0.05) is 47.5 Å². The second-order valence-electron chi connectivity index (χ2n) is 7.68. The second-order valence-corrected chi connectivity index (χ2v) is 8.52. The first-order valence-electron chi connectivity index (χ1n) is 9.85. The standard InChI is InChI=1S/C24H22Cl2F2N2/c1-16-12-17(2-8-22(16)28)14-29-10-11-30(23-9-7-20(27)13-21(23)26)24(15-29)18-3-5-19(25)6-4-18/h2-9,12-13,24H,10-11,14-15H2,1H3. The molecule has 156 valence electrons. The summed E-state index contributed by atoms with van der Waals surface area (Å²) in [5, 5.41) is 1.08. The van der Waals surface area contributed by atoms with Crippen LogP contribution in [0.1, 0.15) is 22.7 Å². The molecule has 6 heteroatoms. The summed E-state index contributed by atoms with van der Waals surface area (Å²) in [4.78, 5) is 4.57. The molecule has 3 aromatic rings.